The Labute approximate surface area is 138 Å². The van der Waals surface area contributed by atoms with E-state index in [4.69, 9.17) is 4.74 Å². The van der Waals surface area contributed by atoms with E-state index in [1.807, 2.05) is 31.2 Å². The summed E-state index contributed by atoms with van der Waals surface area (Å²) in [6, 6.07) is 7.62. The maximum Gasteiger partial charge on any atom is 0.254 e. The van der Waals surface area contributed by atoms with Gasteiger partial charge in [0.25, 0.3) is 5.91 Å². The van der Waals surface area contributed by atoms with E-state index in [-0.39, 0.29) is 5.91 Å². The molecular weight excluding hydrogens is 290 g/mol. The van der Waals surface area contributed by atoms with E-state index in [0.717, 1.165) is 24.4 Å². The summed E-state index contributed by atoms with van der Waals surface area (Å²) in [4.78, 5) is 14.2. The third-order valence-electron chi connectivity index (χ3n) is 3.91. The Hall–Kier alpha value is -1.88. The van der Waals surface area contributed by atoms with E-state index in [0.29, 0.717) is 13.2 Å². The first kappa shape index (κ1) is 17.5. The van der Waals surface area contributed by atoms with Gasteiger partial charge in [-0.2, -0.15) is 5.10 Å². The number of amides is 1. The van der Waals surface area contributed by atoms with Crippen LogP contribution in [0.15, 0.2) is 29.4 Å². The van der Waals surface area contributed by atoms with Crippen LogP contribution in [-0.4, -0.2) is 43.3 Å². The normalized spacial score (nSPS) is 16.7. The molecule has 1 amide bonds. The van der Waals surface area contributed by atoms with Crippen molar-refractivity contribution in [3.05, 3.63) is 29.8 Å². The molecule has 1 fully saturated rings. The highest BCUT2D eigenvalue weighted by Gasteiger charge is 2.11. The lowest BCUT2D eigenvalue weighted by Crippen LogP contribution is -2.37. The molecule has 0 radical (unpaired) electrons. The Morgan fingerprint density at radius 2 is 1.83 bits per heavy atom. The first-order valence-corrected chi connectivity index (χ1v) is 8.55. The zero-order chi connectivity index (χ0) is 16.3. The Balaban J connectivity index is 1.74. The van der Waals surface area contributed by atoms with Crippen LogP contribution in [0.25, 0.3) is 0 Å². The van der Waals surface area contributed by atoms with Crippen molar-refractivity contribution >= 4 is 12.1 Å². The second-order valence-corrected chi connectivity index (χ2v) is 5.84. The second kappa shape index (κ2) is 10.0. The SMILES string of the molecule is CCOc1ccc(/C=N\NC(=O)CN2CCCCCCC2)cc1. The summed E-state index contributed by atoms with van der Waals surface area (Å²) in [5, 5.41) is 4.03. The van der Waals surface area contributed by atoms with Crippen LogP contribution in [-0.2, 0) is 4.79 Å². The van der Waals surface area contributed by atoms with Crippen molar-refractivity contribution in [2.45, 2.75) is 39.0 Å². The molecule has 23 heavy (non-hydrogen) atoms. The highest BCUT2D eigenvalue weighted by Crippen LogP contribution is 2.11. The highest BCUT2D eigenvalue weighted by molar-refractivity contribution is 5.83. The molecule has 1 aliphatic rings. The molecule has 1 aromatic rings. The molecule has 1 heterocycles. The molecule has 126 valence electrons. The van der Waals surface area contributed by atoms with Crippen LogP contribution < -0.4 is 10.2 Å². The van der Waals surface area contributed by atoms with Crippen LogP contribution in [0.1, 0.15) is 44.6 Å². The monoisotopic (exact) mass is 317 g/mol. The molecule has 5 heteroatoms. The van der Waals surface area contributed by atoms with Gasteiger partial charge in [-0.05, 0) is 62.7 Å². The van der Waals surface area contributed by atoms with Gasteiger partial charge in [-0.3, -0.25) is 9.69 Å². The lowest BCUT2D eigenvalue weighted by Gasteiger charge is -2.23. The van der Waals surface area contributed by atoms with Crippen molar-refractivity contribution in [3.63, 3.8) is 0 Å². The summed E-state index contributed by atoms with van der Waals surface area (Å²) in [6.45, 7) is 5.06. The Bertz CT molecular complexity index is 491. The number of ether oxygens (including phenoxy) is 1. The lowest BCUT2D eigenvalue weighted by atomic mass is 10.1. The summed E-state index contributed by atoms with van der Waals surface area (Å²) < 4.78 is 5.39. The first-order chi connectivity index (χ1) is 11.3. The average Bonchev–Trinajstić information content (AvgIpc) is 2.52. The first-order valence-electron chi connectivity index (χ1n) is 8.55. The van der Waals surface area contributed by atoms with E-state index < -0.39 is 0 Å². The topological polar surface area (TPSA) is 53.9 Å². The van der Waals surface area contributed by atoms with Gasteiger partial charge in [0.15, 0.2) is 0 Å². The highest BCUT2D eigenvalue weighted by atomic mass is 16.5. The van der Waals surface area contributed by atoms with Crippen molar-refractivity contribution in [2.75, 3.05) is 26.2 Å². The van der Waals surface area contributed by atoms with E-state index in [1.165, 1.54) is 32.1 Å². The number of hydrogen-bond donors (Lipinski definition) is 1. The molecule has 0 aromatic heterocycles. The quantitative estimate of drug-likeness (QED) is 0.648. The number of likely N-dealkylation sites (tertiary alicyclic amines) is 1. The van der Waals surface area contributed by atoms with E-state index in [2.05, 4.69) is 15.4 Å². The lowest BCUT2D eigenvalue weighted by molar-refractivity contribution is -0.122. The fourth-order valence-electron chi connectivity index (χ4n) is 2.71. The largest absolute Gasteiger partial charge is 0.494 e. The second-order valence-electron chi connectivity index (χ2n) is 5.84. The molecule has 0 spiro atoms. The van der Waals surface area contributed by atoms with Gasteiger partial charge < -0.3 is 4.74 Å². The number of rotatable bonds is 6. The van der Waals surface area contributed by atoms with Crippen molar-refractivity contribution in [2.24, 2.45) is 5.10 Å². The summed E-state index contributed by atoms with van der Waals surface area (Å²) in [5.74, 6) is 0.790. The number of nitrogens with one attached hydrogen (secondary N) is 1. The average molecular weight is 317 g/mol. The molecule has 0 unspecified atom stereocenters. The number of carbonyl (C=O) groups excluding carboxylic acids is 1. The minimum absolute atomic E-state index is 0.0484. The number of hydrazone groups is 1. The van der Waals surface area contributed by atoms with Crippen molar-refractivity contribution in [1.82, 2.24) is 10.3 Å². The summed E-state index contributed by atoms with van der Waals surface area (Å²) in [5.41, 5.74) is 3.54. The zero-order valence-corrected chi connectivity index (χ0v) is 14.0. The molecule has 1 saturated heterocycles. The molecule has 5 nitrogen and oxygen atoms in total. The van der Waals surface area contributed by atoms with Crippen LogP contribution in [0.4, 0.5) is 0 Å². The van der Waals surface area contributed by atoms with Gasteiger partial charge in [0.1, 0.15) is 5.75 Å². The number of carbonyl (C=O) groups is 1. The fourth-order valence-corrected chi connectivity index (χ4v) is 2.71. The van der Waals surface area contributed by atoms with E-state index in [9.17, 15) is 4.79 Å². The molecule has 2 rings (SSSR count). The van der Waals surface area contributed by atoms with E-state index >= 15 is 0 Å². The third-order valence-corrected chi connectivity index (χ3v) is 3.91. The predicted octanol–water partition coefficient (Wildman–Crippen LogP) is 2.80. The minimum Gasteiger partial charge on any atom is -0.494 e. The van der Waals surface area contributed by atoms with Crippen LogP contribution in [0.3, 0.4) is 0 Å². The standard InChI is InChI=1S/C18H27N3O2/c1-2-23-17-10-8-16(9-11-17)14-19-20-18(22)15-21-12-6-4-3-5-7-13-21/h8-11,14H,2-7,12-13,15H2,1H3,(H,20,22)/b19-14-. The van der Waals surface area contributed by atoms with Crippen molar-refractivity contribution in [3.8, 4) is 5.75 Å². The summed E-state index contributed by atoms with van der Waals surface area (Å²) in [7, 11) is 0. The zero-order valence-electron chi connectivity index (χ0n) is 14.0. The van der Waals surface area contributed by atoms with E-state index in [1.54, 1.807) is 6.21 Å². The van der Waals surface area contributed by atoms with Crippen LogP contribution in [0.5, 0.6) is 5.75 Å². The summed E-state index contributed by atoms with van der Waals surface area (Å²) in [6.07, 6.45) is 7.89. The van der Waals surface area contributed by atoms with Gasteiger partial charge in [0, 0.05) is 0 Å². The Morgan fingerprint density at radius 3 is 2.48 bits per heavy atom. The Kier molecular flexibility index (Phi) is 7.60. The van der Waals surface area contributed by atoms with Gasteiger partial charge in [-0.25, -0.2) is 5.43 Å². The van der Waals surface area contributed by atoms with Gasteiger partial charge in [0.2, 0.25) is 0 Å². The smallest absolute Gasteiger partial charge is 0.254 e. The third kappa shape index (κ3) is 6.82. The molecule has 1 N–H and O–H groups in total. The molecule has 1 aromatic carbocycles. The minimum atomic E-state index is -0.0484. The van der Waals surface area contributed by atoms with Crippen LogP contribution in [0.2, 0.25) is 0 Å². The van der Waals surface area contributed by atoms with Gasteiger partial charge in [-0.1, -0.05) is 19.3 Å². The number of benzene rings is 1. The Morgan fingerprint density at radius 1 is 1.17 bits per heavy atom. The molecule has 0 aliphatic carbocycles. The molecule has 0 bridgehead atoms. The molecule has 1 aliphatic heterocycles. The van der Waals surface area contributed by atoms with Gasteiger partial charge in [-0.15, -0.1) is 0 Å². The van der Waals surface area contributed by atoms with Crippen molar-refractivity contribution < 1.29 is 9.53 Å². The van der Waals surface area contributed by atoms with Crippen LogP contribution >= 0.6 is 0 Å². The fraction of sp³-hybridized carbons (Fsp3) is 0.556. The molecule has 0 atom stereocenters. The molecule has 0 saturated carbocycles. The number of nitrogens with zero attached hydrogens (tertiary/aromatic N) is 2. The maximum absolute atomic E-state index is 12.0. The van der Waals surface area contributed by atoms with Gasteiger partial charge >= 0.3 is 0 Å². The van der Waals surface area contributed by atoms with Crippen molar-refractivity contribution in [1.29, 1.82) is 0 Å². The summed E-state index contributed by atoms with van der Waals surface area (Å²) >= 11 is 0. The van der Waals surface area contributed by atoms with Crippen LogP contribution in [0, 0.1) is 0 Å². The number of hydrogen-bond acceptors (Lipinski definition) is 4. The van der Waals surface area contributed by atoms with Gasteiger partial charge in [0.05, 0.1) is 19.4 Å². The maximum atomic E-state index is 12.0. The predicted molar refractivity (Wildman–Crippen MR) is 92.9 cm³/mol. The molecular formula is C18H27N3O2.